The smallest absolute Gasteiger partial charge is 0.317 e. The predicted molar refractivity (Wildman–Crippen MR) is 110 cm³/mol. The highest BCUT2D eigenvalue weighted by Gasteiger charge is 2.40. The Kier molecular flexibility index (Phi) is 7.18. The van der Waals surface area contributed by atoms with E-state index in [-0.39, 0.29) is 28.4 Å². The lowest BCUT2D eigenvalue weighted by molar-refractivity contribution is -0.130. The number of benzene rings is 1. The van der Waals surface area contributed by atoms with Gasteiger partial charge in [-0.3, -0.25) is 9.69 Å². The number of amides is 3. The first-order valence-electron chi connectivity index (χ1n) is 10.0. The van der Waals surface area contributed by atoms with Gasteiger partial charge in [0, 0.05) is 51.4 Å². The Bertz CT molecular complexity index is 697. The summed E-state index contributed by atoms with van der Waals surface area (Å²) in [7, 11) is 0. The van der Waals surface area contributed by atoms with Crippen LogP contribution < -0.4 is 5.32 Å². The van der Waals surface area contributed by atoms with Crippen LogP contribution in [0.15, 0.2) is 24.3 Å². The van der Waals surface area contributed by atoms with Crippen molar-refractivity contribution >= 4 is 23.7 Å². The van der Waals surface area contributed by atoms with Crippen LogP contribution in [0.3, 0.4) is 0 Å². The number of carbonyl (C=O) groups excluding carboxylic acids is 2. The second-order valence-corrected chi connectivity index (χ2v) is 8.39. The van der Waals surface area contributed by atoms with Crippen LogP contribution >= 0.6 is 11.8 Å². The molecule has 3 rings (SSSR count). The zero-order valence-corrected chi connectivity index (χ0v) is 17.4. The summed E-state index contributed by atoms with van der Waals surface area (Å²) >= 11 is 1.55. The van der Waals surface area contributed by atoms with Crippen LogP contribution in [0.25, 0.3) is 0 Å². The highest BCUT2D eigenvalue weighted by Crippen LogP contribution is 2.44. The van der Waals surface area contributed by atoms with E-state index in [1.165, 1.54) is 6.07 Å². The van der Waals surface area contributed by atoms with Gasteiger partial charge >= 0.3 is 6.03 Å². The zero-order chi connectivity index (χ0) is 20.1. The monoisotopic (exact) mass is 408 g/mol. The summed E-state index contributed by atoms with van der Waals surface area (Å²) in [4.78, 5) is 30.7. The van der Waals surface area contributed by atoms with Gasteiger partial charge in [0.1, 0.15) is 11.2 Å². The first kappa shape index (κ1) is 20.9. The minimum absolute atomic E-state index is 0.0151. The summed E-state index contributed by atoms with van der Waals surface area (Å²) in [6.07, 6.45) is 0.746. The average Bonchev–Trinajstić information content (AvgIpc) is 3.02. The zero-order valence-electron chi connectivity index (χ0n) is 16.6. The number of thioether (sulfide) groups is 1. The number of nitrogens with one attached hydrogen (secondary N) is 1. The second-order valence-electron chi connectivity index (χ2n) is 7.10. The molecule has 0 saturated carbocycles. The first-order chi connectivity index (χ1) is 13.5. The number of hydrogen-bond donors (Lipinski definition) is 1. The Morgan fingerprint density at radius 3 is 2.54 bits per heavy atom. The van der Waals surface area contributed by atoms with Crippen LogP contribution in [-0.2, 0) is 4.79 Å². The molecule has 6 nitrogen and oxygen atoms in total. The van der Waals surface area contributed by atoms with Gasteiger partial charge in [-0.15, -0.1) is 11.8 Å². The van der Waals surface area contributed by atoms with Crippen molar-refractivity contribution in [3.63, 3.8) is 0 Å². The fourth-order valence-electron chi connectivity index (χ4n) is 3.69. The van der Waals surface area contributed by atoms with E-state index in [1.807, 2.05) is 29.7 Å². The van der Waals surface area contributed by atoms with Crippen LogP contribution in [0.1, 0.15) is 31.2 Å². The van der Waals surface area contributed by atoms with Gasteiger partial charge in [-0.1, -0.05) is 25.1 Å². The van der Waals surface area contributed by atoms with Crippen molar-refractivity contribution in [2.45, 2.75) is 30.9 Å². The van der Waals surface area contributed by atoms with E-state index in [4.69, 9.17) is 0 Å². The average molecular weight is 409 g/mol. The van der Waals surface area contributed by atoms with E-state index < -0.39 is 0 Å². The van der Waals surface area contributed by atoms with E-state index in [2.05, 4.69) is 10.2 Å². The molecular weight excluding hydrogens is 379 g/mol. The topological polar surface area (TPSA) is 55.9 Å². The summed E-state index contributed by atoms with van der Waals surface area (Å²) in [5.41, 5.74) is 0.581. The van der Waals surface area contributed by atoms with Crippen LogP contribution in [-0.4, -0.2) is 77.7 Å². The van der Waals surface area contributed by atoms with Crippen molar-refractivity contribution in [1.82, 2.24) is 20.0 Å². The van der Waals surface area contributed by atoms with Crippen molar-refractivity contribution in [2.24, 2.45) is 0 Å². The molecule has 0 unspecified atom stereocenters. The molecular formula is C20H29FN4O2S. The highest BCUT2D eigenvalue weighted by atomic mass is 32.2. The summed E-state index contributed by atoms with van der Waals surface area (Å²) < 4.78 is 14.3. The van der Waals surface area contributed by atoms with Crippen LogP contribution in [0.5, 0.6) is 0 Å². The number of piperazine rings is 1. The second kappa shape index (κ2) is 9.60. The van der Waals surface area contributed by atoms with E-state index in [9.17, 15) is 14.0 Å². The molecule has 0 aliphatic carbocycles. The molecule has 2 saturated heterocycles. The third-order valence-corrected chi connectivity index (χ3v) is 6.95. The summed E-state index contributed by atoms with van der Waals surface area (Å²) in [5, 5.41) is 2.45. The van der Waals surface area contributed by atoms with Crippen LogP contribution in [0.4, 0.5) is 9.18 Å². The van der Waals surface area contributed by atoms with E-state index in [0.717, 1.165) is 26.1 Å². The molecule has 2 heterocycles. The van der Waals surface area contributed by atoms with Crippen molar-refractivity contribution in [2.75, 3.05) is 45.8 Å². The number of nitrogens with zero attached hydrogens (tertiary/aromatic N) is 3. The Balaban J connectivity index is 1.60. The fraction of sp³-hybridized carbons (Fsp3) is 0.600. The quantitative estimate of drug-likeness (QED) is 0.786. The molecule has 3 amide bonds. The maximum atomic E-state index is 14.3. The maximum Gasteiger partial charge on any atom is 0.317 e. The van der Waals surface area contributed by atoms with E-state index in [0.29, 0.717) is 31.7 Å². The molecule has 2 fully saturated rings. The lowest BCUT2D eigenvalue weighted by atomic mass is 10.2. The number of urea groups is 1. The standard InChI is InChI=1S/C20H29FN4O2S/c1-3-17-18(26)25(19(28-17)15-7-5-6-8-16(15)21)14-11-23-9-12-24(13-10-23)20(27)22-4-2/h5-8,17,19H,3-4,9-14H2,1-2H3,(H,22,27)/t17-,19+/m1/s1. The number of rotatable bonds is 6. The minimum atomic E-state index is -0.268. The lowest BCUT2D eigenvalue weighted by Gasteiger charge is -2.36. The predicted octanol–water partition coefficient (Wildman–Crippen LogP) is 2.53. The van der Waals surface area contributed by atoms with Gasteiger partial charge in [-0.2, -0.15) is 0 Å². The number of halogens is 1. The van der Waals surface area contributed by atoms with Gasteiger partial charge in [0.2, 0.25) is 5.91 Å². The lowest BCUT2D eigenvalue weighted by Crippen LogP contribution is -2.53. The van der Waals surface area contributed by atoms with Gasteiger partial charge < -0.3 is 15.1 Å². The van der Waals surface area contributed by atoms with Gasteiger partial charge in [-0.05, 0) is 19.4 Å². The third-order valence-electron chi connectivity index (χ3n) is 5.32. The van der Waals surface area contributed by atoms with Gasteiger partial charge in [-0.25, -0.2) is 9.18 Å². The fourth-order valence-corrected chi connectivity index (χ4v) is 5.14. The molecule has 1 aromatic carbocycles. The van der Waals surface area contributed by atoms with Gasteiger partial charge in [0.25, 0.3) is 0 Å². The molecule has 0 radical (unpaired) electrons. The molecule has 2 atom stereocenters. The molecule has 1 aromatic rings. The molecule has 0 aromatic heterocycles. The minimum Gasteiger partial charge on any atom is -0.338 e. The summed E-state index contributed by atoms with van der Waals surface area (Å²) in [6.45, 7) is 8.78. The van der Waals surface area contributed by atoms with Crippen molar-refractivity contribution in [1.29, 1.82) is 0 Å². The number of hydrogen-bond acceptors (Lipinski definition) is 4. The largest absolute Gasteiger partial charge is 0.338 e. The van der Waals surface area contributed by atoms with Crippen molar-refractivity contribution in [3.05, 3.63) is 35.6 Å². The summed E-state index contributed by atoms with van der Waals surface area (Å²) in [6, 6.07) is 6.71. The Labute approximate surface area is 170 Å². The molecule has 1 N–H and O–H groups in total. The molecule has 28 heavy (non-hydrogen) atoms. The molecule has 0 spiro atoms. The summed E-state index contributed by atoms with van der Waals surface area (Å²) in [5.74, 6) is -0.160. The highest BCUT2D eigenvalue weighted by molar-refractivity contribution is 8.01. The molecule has 2 aliphatic heterocycles. The van der Waals surface area contributed by atoms with Gasteiger partial charge in [0.05, 0.1) is 5.25 Å². The first-order valence-corrected chi connectivity index (χ1v) is 10.9. The SMILES string of the molecule is CCNC(=O)N1CCN(CCN2C(=O)[C@@H](CC)S[C@H]2c2ccccc2F)CC1. The Hall–Kier alpha value is -1.80. The molecule has 2 aliphatic rings. The number of carbonyl (C=O) groups is 2. The van der Waals surface area contributed by atoms with E-state index in [1.54, 1.807) is 23.9 Å². The Morgan fingerprint density at radius 2 is 1.89 bits per heavy atom. The third kappa shape index (κ3) is 4.60. The van der Waals surface area contributed by atoms with Crippen molar-refractivity contribution < 1.29 is 14.0 Å². The van der Waals surface area contributed by atoms with Crippen molar-refractivity contribution in [3.8, 4) is 0 Å². The van der Waals surface area contributed by atoms with Gasteiger partial charge in [0.15, 0.2) is 0 Å². The van der Waals surface area contributed by atoms with Crippen LogP contribution in [0.2, 0.25) is 0 Å². The normalized spacial score (nSPS) is 23.3. The maximum absolute atomic E-state index is 14.3. The molecule has 154 valence electrons. The Morgan fingerprint density at radius 1 is 1.18 bits per heavy atom. The van der Waals surface area contributed by atoms with E-state index >= 15 is 0 Å². The van der Waals surface area contributed by atoms with Crippen LogP contribution in [0, 0.1) is 5.82 Å². The molecule has 0 bridgehead atoms. The molecule has 8 heteroatoms.